The van der Waals surface area contributed by atoms with E-state index in [1.54, 1.807) is 0 Å². The average Bonchev–Trinajstić information content (AvgIpc) is 2.74. The fraction of sp³-hybridized carbons (Fsp3) is 0.917. The van der Waals surface area contributed by atoms with Crippen LogP contribution in [-0.4, -0.2) is 36.1 Å². The van der Waals surface area contributed by atoms with Crippen LogP contribution in [0.5, 0.6) is 0 Å². The molecule has 0 spiro atoms. The minimum atomic E-state index is -0.614. The predicted octanol–water partition coefficient (Wildman–Crippen LogP) is 1.97. The fourth-order valence-corrected chi connectivity index (χ4v) is 3.57. The molecule has 0 aromatic heterocycles. The molecular weight excluding hydrogens is 190 g/mol. The molecule has 1 atom stereocenters. The lowest BCUT2D eigenvalue weighted by molar-refractivity contribution is -0.140. The van der Waals surface area contributed by atoms with Crippen LogP contribution in [-0.2, 0) is 4.79 Å². The van der Waals surface area contributed by atoms with Crippen molar-refractivity contribution in [1.82, 2.24) is 4.90 Å². The summed E-state index contributed by atoms with van der Waals surface area (Å²) in [6.07, 6.45) is 6.57. The van der Waals surface area contributed by atoms with E-state index in [1.165, 1.54) is 25.7 Å². The molecule has 1 heterocycles. The van der Waals surface area contributed by atoms with Crippen molar-refractivity contribution in [2.75, 3.05) is 20.1 Å². The van der Waals surface area contributed by atoms with Crippen molar-refractivity contribution in [2.45, 2.75) is 38.5 Å². The van der Waals surface area contributed by atoms with Gasteiger partial charge in [0.2, 0.25) is 0 Å². The van der Waals surface area contributed by atoms with Gasteiger partial charge in [0.25, 0.3) is 0 Å². The lowest BCUT2D eigenvalue weighted by Crippen LogP contribution is -2.34. The number of aliphatic carboxylic acids is 1. The van der Waals surface area contributed by atoms with Crippen molar-refractivity contribution in [1.29, 1.82) is 0 Å². The highest BCUT2D eigenvalue weighted by Crippen LogP contribution is 2.47. The summed E-state index contributed by atoms with van der Waals surface area (Å²) in [5, 5.41) is 9.07. The van der Waals surface area contributed by atoms with Gasteiger partial charge in [-0.15, -0.1) is 0 Å². The third-order valence-corrected chi connectivity index (χ3v) is 4.30. The first-order chi connectivity index (χ1) is 7.12. The van der Waals surface area contributed by atoms with Gasteiger partial charge >= 0.3 is 5.97 Å². The van der Waals surface area contributed by atoms with Gasteiger partial charge in [0.1, 0.15) is 0 Å². The van der Waals surface area contributed by atoms with Gasteiger partial charge in [-0.2, -0.15) is 0 Å². The van der Waals surface area contributed by atoms with Gasteiger partial charge in [-0.3, -0.25) is 4.79 Å². The minimum absolute atomic E-state index is 0.0943. The van der Waals surface area contributed by atoms with E-state index in [2.05, 4.69) is 11.9 Å². The molecule has 1 aliphatic heterocycles. The van der Waals surface area contributed by atoms with Gasteiger partial charge in [-0.05, 0) is 44.2 Å². The second-order valence-corrected chi connectivity index (χ2v) is 5.40. The van der Waals surface area contributed by atoms with Crippen LogP contribution in [0, 0.1) is 11.3 Å². The number of likely N-dealkylation sites (tertiary alicyclic amines) is 1. The number of nitrogens with zero attached hydrogens (tertiary/aromatic N) is 1. The van der Waals surface area contributed by atoms with Crippen LogP contribution >= 0.6 is 0 Å². The Labute approximate surface area is 91.5 Å². The Kier molecular flexibility index (Phi) is 3.01. The van der Waals surface area contributed by atoms with Crippen molar-refractivity contribution >= 4 is 5.97 Å². The van der Waals surface area contributed by atoms with Gasteiger partial charge in [-0.25, -0.2) is 0 Å². The molecule has 1 aliphatic carbocycles. The number of hydrogen-bond donors (Lipinski definition) is 1. The molecule has 0 aromatic carbocycles. The van der Waals surface area contributed by atoms with Gasteiger partial charge in [0.05, 0.1) is 6.42 Å². The van der Waals surface area contributed by atoms with E-state index in [-0.39, 0.29) is 5.41 Å². The summed E-state index contributed by atoms with van der Waals surface area (Å²) >= 11 is 0. The summed E-state index contributed by atoms with van der Waals surface area (Å²) in [6, 6.07) is 0. The fourth-order valence-electron chi connectivity index (χ4n) is 3.57. The van der Waals surface area contributed by atoms with Crippen LogP contribution < -0.4 is 0 Å². The molecule has 2 fully saturated rings. The van der Waals surface area contributed by atoms with Crippen molar-refractivity contribution in [2.24, 2.45) is 11.3 Å². The van der Waals surface area contributed by atoms with Crippen molar-refractivity contribution < 1.29 is 9.90 Å². The topological polar surface area (TPSA) is 40.5 Å². The van der Waals surface area contributed by atoms with Crippen LogP contribution in [0.4, 0.5) is 0 Å². The van der Waals surface area contributed by atoms with Crippen molar-refractivity contribution in [3.05, 3.63) is 0 Å². The quantitative estimate of drug-likeness (QED) is 0.776. The van der Waals surface area contributed by atoms with E-state index in [0.29, 0.717) is 12.3 Å². The Morgan fingerprint density at radius 1 is 1.47 bits per heavy atom. The first-order valence-electron chi connectivity index (χ1n) is 6.03. The zero-order valence-corrected chi connectivity index (χ0v) is 9.54. The maximum atomic E-state index is 11.0. The number of rotatable bonds is 3. The second-order valence-electron chi connectivity index (χ2n) is 5.40. The largest absolute Gasteiger partial charge is 0.481 e. The first-order valence-corrected chi connectivity index (χ1v) is 6.03. The summed E-state index contributed by atoms with van der Waals surface area (Å²) < 4.78 is 0. The van der Waals surface area contributed by atoms with Crippen molar-refractivity contribution in [3.63, 3.8) is 0 Å². The standard InChI is InChI=1S/C12H21NO2/c1-13-7-6-12(9-13,8-11(14)15)10-4-2-3-5-10/h10H,2-9H2,1H3,(H,14,15). The molecule has 2 aliphatic rings. The molecule has 0 bridgehead atoms. The Bertz CT molecular complexity index is 248. The third-order valence-electron chi connectivity index (χ3n) is 4.30. The Morgan fingerprint density at radius 3 is 2.60 bits per heavy atom. The molecule has 3 nitrogen and oxygen atoms in total. The summed E-state index contributed by atoms with van der Waals surface area (Å²) in [7, 11) is 2.11. The summed E-state index contributed by atoms with van der Waals surface area (Å²) in [6.45, 7) is 2.06. The maximum Gasteiger partial charge on any atom is 0.303 e. The number of carboxylic acids is 1. The lowest BCUT2D eigenvalue weighted by Gasteiger charge is -2.34. The molecule has 2 rings (SSSR count). The highest BCUT2D eigenvalue weighted by molar-refractivity contribution is 5.68. The van der Waals surface area contributed by atoms with Crippen molar-refractivity contribution in [3.8, 4) is 0 Å². The lowest BCUT2D eigenvalue weighted by atomic mass is 9.71. The van der Waals surface area contributed by atoms with Gasteiger partial charge in [0.15, 0.2) is 0 Å². The molecule has 0 radical (unpaired) electrons. The number of hydrogen-bond acceptors (Lipinski definition) is 2. The van der Waals surface area contributed by atoms with E-state index in [1.807, 2.05) is 0 Å². The van der Waals surface area contributed by atoms with Crippen LogP contribution in [0.25, 0.3) is 0 Å². The number of carbonyl (C=O) groups is 1. The van der Waals surface area contributed by atoms with Gasteiger partial charge < -0.3 is 10.0 Å². The van der Waals surface area contributed by atoms with E-state index in [4.69, 9.17) is 5.11 Å². The molecule has 0 amide bonds. The number of carboxylic acid groups (broad SMARTS) is 1. The molecule has 3 heteroatoms. The highest BCUT2D eigenvalue weighted by Gasteiger charge is 2.45. The molecule has 1 unspecified atom stereocenters. The van der Waals surface area contributed by atoms with E-state index in [0.717, 1.165) is 19.5 Å². The molecule has 15 heavy (non-hydrogen) atoms. The summed E-state index contributed by atoms with van der Waals surface area (Å²) in [5.74, 6) is 0.0516. The highest BCUT2D eigenvalue weighted by atomic mass is 16.4. The molecule has 1 saturated heterocycles. The molecule has 1 saturated carbocycles. The molecular formula is C12H21NO2. The third kappa shape index (κ3) is 2.17. The minimum Gasteiger partial charge on any atom is -0.481 e. The predicted molar refractivity (Wildman–Crippen MR) is 58.8 cm³/mol. The molecule has 0 aromatic rings. The zero-order valence-electron chi connectivity index (χ0n) is 9.54. The Hall–Kier alpha value is -0.570. The first kappa shape index (κ1) is 10.9. The maximum absolute atomic E-state index is 11.0. The molecule has 86 valence electrons. The smallest absolute Gasteiger partial charge is 0.303 e. The van der Waals surface area contributed by atoms with Crippen LogP contribution in [0.1, 0.15) is 38.5 Å². The van der Waals surface area contributed by atoms with Crippen LogP contribution in [0.15, 0.2) is 0 Å². The van der Waals surface area contributed by atoms with Gasteiger partial charge in [0, 0.05) is 6.54 Å². The van der Waals surface area contributed by atoms with E-state index in [9.17, 15) is 4.79 Å². The normalized spacial score (nSPS) is 33.7. The summed E-state index contributed by atoms with van der Waals surface area (Å²) in [4.78, 5) is 13.3. The Balaban J connectivity index is 2.11. The average molecular weight is 211 g/mol. The summed E-state index contributed by atoms with van der Waals surface area (Å²) in [5.41, 5.74) is 0.0943. The van der Waals surface area contributed by atoms with E-state index < -0.39 is 5.97 Å². The van der Waals surface area contributed by atoms with Crippen LogP contribution in [0.3, 0.4) is 0 Å². The zero-order chi connectivity index (χ0) is 10.9. The van der Waals surface area contributed by atoms with Crippen LogP contribution in [0.2, 0.25) is 0 Å². The molecule has 1 N–H and O–H groups in total. The monoisotopic (exact) mass is 211 g/mol. The van der Waals surface area contributed by atoms with Gasteiger partial charge in [-0.1, -0.05) is 12.8 Å². The van der Waals surface area contributed by atoms with E-state index >= 15 is 0 Å². The SMILES string of the molecule is CN1CCC(CC(=O)O)(C2CCCC2)C1. The second kappa shape index (κ2) is 4.12. The Morgan fingerprint density at radius 2 is 2.13 bits per heavy atom.